The number of piperidine rings is 1. The van der Waals surface area contributed by atoms with Gasteiger partial charge in [0, 0.05) is 12.0 Å². The molecule has 4 rings (SSSR count). The molecule has 4 heteroatoms. The topological polar surface area (TPSA) is 35.9 Å². The molecule has 1 fully saturated rings. The normalized spacial score (nSPS) is 20.0. The van der Waals surface area contributed by atoms with Gasteiger partial charge in [-0.1, -0.05) is 53.9 Å². The molecule has 1 atom stereocenters. The Bertz CT molecular complexity index is 910. The van der Waals surface area contributed by atoms with Gasteiger partial charge in [0.05, 0.1) is 18.3 Å². The molecule has 0 spiro atoms. The number of carbonyl (C=O) groups is 1. The summed E-state index contributed by atoms with van der Waals surface area (Å²) in [7, 11) is 0. The summed E-state index contributed by atoms with van der Waals surface area (Å²) in [6.45, 7) is 8.82. The average molecular weight is 390 g/mol. The Kier molecular flexibility index (Phi) is 5.81. The minimum Gasteiger partial charge on any atom is -0.294 e. The Morgan fingerprint density at radius 1 is 0.966 bits per heavy atom. The van der Waals surface area contributed by atoms with Gasteiger partial charge in [-0.25, -0.2) is 5.01 Å². The van der Waals surface area contributed by atoms with Gasteiger partial charge in [0.2, 0.25) is 0 Å². The van der Waals surface area contributed by atoms with E-state index in [9.17, 15) is 4.79 Å². The predicted octanol–water partition coefficient (Wildman–Crippen LogP) is 4.78. The summed E-state index contributed by atoms with van der Waals surface area (Å²) in [5.41, 5.74) is 7.00. The molecule has 2 aromatic carbocycles. The Balaban J connectivity index is 1.64. The van der Waals surface area contributed by atoms with Gasteiger partial charge in [-0.15, -0.1) is 0 Å². The van der Waals surface area contributed by atoms with Crippen LogP contribution in [0.2, 0.25) is 0 Å². The Labute approximate surface area is 174 Å². The number of carbonyl (C=O) groups excluding carboxylic acids is 1. The van der Waals surface area contributed by atoms with Crippen molar-refractivity contribution in [2.75, 3.05) is 19.6 Å². The van der Waals surface area contributed by atoms with E-state index in [4.69, 9.17) is 5.10 Å². The van der Waals surface area contributed by atoms with Crippen LogP contribution >= 0.6 is 0 Å². The summed E-state index contributed by atoms with van der Waals surface area (Å²) < 4.78 is 0. The quantitative estimate of drug-likeness (QED) is 0.755. The number of aryl methyl sites for hydroxylation is 3. The first-order valence-corrected chi connectivity index (χ1v) is 10.8. The third kappa shape index (κ3) is 4.43. The van der Waals surface area contributed by atoms with E-state index in [-0.39, 0.29) is 11.9 Å². The number of hydrazone groups is 1. The number of nitrogens with zero attached hydrogens (tertiary/aromatic N) is 3. The van der Waals surface area contributed by atoms with Crippen molar-refractivity contribution in [1.29, 1.82) is 0 Å². The van der Waals surface area contributed by atoms with Crippen molar-refractivity contribution in [2.45, 2.75) is 52.5 Å². The lowest BCUT2D eigenvalue weighted by atomic mass is 9.94. The van der Waals surface area contributed by atoms with Crippen molar-refractivity contribution in [3.8, 4) is 0 Å². The van der Waals surface area contributed by atoms with Crippen LogP contribution in [0.1, 0.15) is 59.5 Å². The zero-order valence-electron chi connectivity index (χ0n) is 17.8. The second-order valence-corrected chi connectivity index (χ2v) is 8.57. The molecule has 0 radical (unpaired) electrons. The summed E-state index contributed by atoms with van der Waals surface area (Å²) in [5.74, 6) is 0.109. The largest absolute Gasteiger partial charge is 0.294 e. The molecule has 29 heavy (non-hydrogen) atoms. The third-order valence-corrected chi connectivity index (χ3v) is 6.14. The van der Waals surface area contributed by atoms with Gasteiger partial charge in [0.25, 0.3) is 5.91 Å². The highest BCUT2D eigenvalue weighted by molar-refractivity contribution is 6.04. The maximum Gasteiger partial charge on any atom is 0.257 e. The van der Waals surface area contributed by atoms with E-state index in [0.29, 0.717) is 6.54 Å². The van der Waals surface area contributed by atoms with Crippen LogP contribution in [-0.2, 0) is 4.79 Å². The van der Waals surface area contributed by atoms with Crippen LogP contribution < -0.4 is 0 Å². The van der Waals surface area contributed by atoms with Crippen molar-refractivity contribution < 1.29 is 4.79 Å². The molecule has 2 aromatic rings. The average Bonchev–Trinajstić information content (AvgIpc) is 3.16. The van der Waals surface area contributed by atoms with Crippen molar-refractivity contribution >= 4 is 11.6 Å². The lowest BCUT2D eigenvalue weighted by Gasteiger charge is -2.29. The van der Waals surface area contributed by atoms with Gasteiger partial charge >= 0.3 is 0 Å². The summed E-state index contributed by atoms with van der Waals surface area (Å²) in [4.78, 5) is 15.6. The first-order valence-electron chi connectivity index (χ1n) is 10.8. The van der Waals surface area contributed by atoms with Crippen molar-refractivity contribution in [3.63, 3.8) is 0 Å². The second-order valence-electron chi connectivity index (χ2n) is 8.57. The Hall–Kier alpha value is -2.46. The van der Waals surface area contributed by atoms with E-state index < -0.39 is 0 Å². The first kappa shape index (κ1) is 19.8. The number of benzene rings is 2. The summed E-state index contributed by atoms with van der Waals surface area (Å²) in [6, 6.07) is 15.0. The minimum absolute atomic E-state index is 0.0252. The summed E-state index contributed by atoms with van der Waals surface area (Å²) in [6.07, 6.45) is 4.41. The van der Waals surface area contributed by atoms with Crippen LogP contribution in [0.4, 0.5) is 0 Å². The SMILES string of the molecule is Cc1ccc([C@H]2CC(c3cc(C)ccc3C)=NN2C(=O)CN2CCCCC2)cc1. The van der Waals surface area contributed by atoms with Crippen molar-refractivity contribution in [2.24, 2.45) is 5.10 Å². The summed E-state index contributed by atoms with van der Waals surface area (Å²) >= 11 is 0. The van der Waals surface area contributed by atoms with Gasteiger partial charge in [0.15, 0.2) is 0 Å². The highest BCUT2D eigenvalue weighted by Crippen LogP contribution is 2.34. The van der Waals surface area contributed by atoms with Crippen molar-refractivity contribution in [1.82, 2.24) is 9.91 Å². The molecular weight excluding hydrogens is 358 g/mol. The van der Waals surface area contributed by atoms with Gasteiger partial charge in [-0.2, -0.15) is 5.10 Å². The van der Waals surface area contributed by atoms with Crippen molar-refractivity contribution in [3.05, 3.63) is 70.3 Å². The van der Waals surface area contributed by atoms with Crippen LogP contribution in [0.25, 0.3) is 0 Å². The van der Waals surface area contributed by atoms with Crippen LogP contribution in [0, 0.1) is 20.8 Å². The molecule has 0 N–H and O–H groups in total. The highest BCUT2D eigenvalue weighted by atomic mass is 16.2. The van der Waals surface area contributed by atoms with Gasteiger partial charge in [0.1, 0.15) is 0 Å². The van der Waals surface area contributed by atoms with E-state index in [0.717, 1.165) is 36.3 Å². The number of likely N-dealkylation sites (tertiary alicyclic amines) is 1. The molecule has 2 aliphatic heterocycles. The monoisotopic (exact) mass is 389 g/mol. The second kappa shape index (κ2) is 8.50. The molecule has 152 valence electrons. The van der Waals surface area contributed by atoms with Crippen LogP contribution in [-0.4, -0.2) is 41.2 Å². The molecular formula is C25H31N3O. The van der Waals surface area contributed by atoms with Gasteiger partial charge in [-0.3, -0.25) is 9.69 Å². The molecule has 0 bridgehead atoms. The zero-order valence-corrected chi connectivity index (χ0v) is 17.8. The molecule has 2 heterocycles. The van der Waals surface area contributed by atoms with E-state index in [1.54, 1.807) is 5.01 Å². The lowest BCUT2D eigenvalue weighted by Crippen LogP contribution is -2.40. The number of amides is 1. The molecule has 0 aromatic heterocycles. The standard InChI is InChI=1S/C25H31N3O/c1-18-8-11-21(12-9-18)24-16-23(22-15-19(2)7-10-20(22)3)26-28(24)25(29)17-27-13-5-4-6-14-27/h7-12,15,24H,4-6,13-14,16-17H2,1-3H3/t24-/m1/s1. The van der Waals surface area contributed by atoms with Gasteiger partial charge in [-0.05, 0) is 63.9 Å². The molecule has 1 saturated heterocycles. The molecule has 0 saturated carbocycles. The molecule has 4 nitrogen and oxygen atoms in total. The first-order chi connectivity index (χ1) is 14.0. The van der Waals surface area contributed by atoms with Gasteiger partial charge < -0.3 is 0 Å². The fourth-order valence-electron chi connectivity index (χ4n) is 4.38. The Morgan fingerprint density at radius 2 is 1.66 bits per heavy atom. The number of rotatable bonds is 4. The highest BCUT2D eigenvalue weighted by Gasteiger charge is 2.34. The molecule has 2 aliphatic rings. The van der Waals surface area contributed by atoms with E-state index >= 15 is 0 Å². The van der Waals surface area contributed by atoms with E-state index in [2.05, 4.69) is 68.1 Å². The third-order valence-electron chi connectivity index (χ3n) is 6.14. The minimum atomic E-state index is -0.0252. The Morgan fingerprint density at radius 3 is 2.38 bits per heavy atom. The number of hydrogen-bond donors (Lipinski definition) is 0. The smallest absolute Gasteiger partial charge is 0.257 e. The molecule has 1 amide bonds. The molecule has 0 aliphatic carbocycles. The maximum absolute atomic E-state index is 13.3. The fraction of sp³-hybridized carbons (Fsp3) is 0.440. The fourth-order valence-corrected chi connectivity index (χ4v) is 4.38. The number of hydrogen-bond acceptors (Lipinski definition) is 3. The zero-order chi connectivity index (χ0) is 20.4. The van der Waals surface area contributed by atoms with E-state index in [1.807, 2.05) is 0 Å². The van der Waals surface area contributed by atoms with E-state index in [1.165, 1.54) is 36.0 Å². The maximum atomic E-state index is 13.3. The van der Waals surface area contributed by atoms with Crippen LogP contribution in [0.5, 0.6) is 0 Å². The van der Waals surface area contributed by atoms with Crippen LogP contribution in [0.3, 0.4) is 0 Å². The van der Waals surface area contributed by atoms with Crippen LogP contribution in [0.15, 0.2) is 47.6 Å². The summed E-state index contributed by atoms with van der Waals surface area (Å²) in [5, 5.41) is 6.64. The molecule has 0 unspecified atom stereocenters. The lowest BCUT2D eigenvalue weighted by molar-refractivity contribution is -0.134. The predicted molar refractivity (Wildman–Crippen MR) is 118 cm³/mol.